The minimum atomic E-state index is -1.08. The Morgan fingerprint density at radius 2 is 1.27 bits per heavy atom. The molecular weight excluding hydrogens is 480 g/mol. The summed E-state index contributed by atoms with van der Waals surface area (Å²) in [7, 11) is 3.25. The van der Waals surface area contributed by atoms with Gasteiger partial charge in [0, 0.05) is 40.0 Å². The highest BCUT2D eigenvalue weighted by atomic mass is 32.1. The van der Waals surface area contributed by atoms with Gasteiger partial charge in [-0.15, -0.1) is 11.3 Å². The van der Waals surface area contributed by atoms with Gasteiger partial charge in [0.1, 0.15) is 6.10 Å². The van der Waals surface area contributed by atoms with Gasteiger partial charge >= 0.3 is 0 Å². The summed E-state index contributed by atoms with van der Waals surface area (Å²) < 4.78 is 6.38. The van der Waals surface area contributed by atoms with E-state index in [1.165, 1.54) is 5.56 Å². The lowest BCUT2D eigenvalue weighted by Crippen LogP contribution is -2.11. The number of carbonyl (C=O) groups is 1. The number of ketones is 1. The number of fused-ring (bicyclic) bond motifs is 2. The molecule has 0 saturated heterocycles. The van der Waals surface area contributed by atoms with Crippen LogP contribution in [0.25, 0.3) is 20.2 Å². The predicted molar refractivity (Wildman–Crippen MR) is 155 cm³/mol. The van der Waals surface area contributed by atoms with Crippen molar-refractivity contribution in [1.29, 1.82) is 0 Å². The second-order valence-electron chi connectivity index (χ2n) is 8.79. The quantitative estimate of drug-likeness (QED) is 0.201. The van der Waals surface area contributed by atoms with Gasteiger partial charge in [-0.2, -0.15) is 0 Å². The Morgan fingerprint density at radius 3 is 1.89 bits per heavy atom. The molecule has 0 fully saturated rings. The van der Waals surface area contributed by atoms with E-state index in [-0.39, 0.29) is 11.2 Å². The Labute approximate surface area is 221 Å². The van der Waals surface area contributed by atoms with Crippen molar-refractivity contribution in [3.8, 4) is 0 Å². The molecule has 0 aliphatic rings. The Morgan fingerprint density at radius 1 is 0.730 bits per heavy atom. The minimum Gasteiger partial charge on any atom is -0.388 e. The fourth-order valence-corrected chi connectivity index (χ4v) is 4.78. The molecule has 190 valence electrons. The second kappa shape index (κ2) is 13.6. The van der Waals surface area contributed by atoms with Gasteiger partial charge in [0.15, 0.2) is 11.2 Å². The smallest absolute Gasteiger partial charge is 0.195 e. The van der Waals surface area contributed by atoms with Crippen LogP contribution in [0.5, 0.6) is 0 Å². The van der Waals surface area contributed by atoms with Crippen molar-refractivity contribution in [1.82, 2.24) is 0 Å². The average molecular weight is 513 g/mol. The predicted octanol–water partition coefficient (Wildman–Crippen LogP) is 7.40. The molecular formula is C32H32O4S. The lowest BCUT2D eigenvalue weighted by atomic mass is 10.0. The first-order chi connectivity index (χ1) is 17.9. The van der Waals surface area contributed by atoms with Crippen molar-refractivity contribution in [3.63, 3.8) is 0 Å². The molecule has 0 amide bonds. The molecule has 1 N–H and O–H groups in total. The number of Topliss-reactive ketones (excluding diaryl/α,β-unsaturated/α-hetero) is 1. The van der Waals surface area contributed by atoms with E-state index in [9.17, 15) is 14.7 Å². The maximum absolute atomic E-state index is 12.5. The molecule has 0 radical (unpaired) electrons. The van der Waals surface area contributed by atoms with Gasteiger partial charge in [-0.25, -0.2) is 0 Å². The normalized spacial score (nSPS) is 11.3. The van der Waals surface area contributed by atoms with Crippen molar-refractivity contribution in [2.45, 2.75) is 25.9 Å². The molecule has 37 heavy (non-hydrogen) atoms. The highest BCUT2D eigenvalue weighted by molar-refractivity contribution is 7.24. The molecule has 0 bridgehead atoms. The second-order valence-corrected chi connectivity index (χ2v) is 9.87. The summed E-state index contributed by atoms with van der Waals surface area (Å²) >= 11 is 1.69. The Hall–Kier alpha value is -3.64. The van der Waals surface area contributed by atoms with Gasteiger partial charge in [-0.1, -0.05) is 92.7 Å². The average Bonchev–Trinajstić information content (AvgIpc) is 2.94. The molecule has 0 aliphatic carbocycles. The number of aliphatic hydroxyl groups excluding tert-OH is 1. The summed E-state index contributed by atoms with van der Waals surface area (Å²) in [5.41, 5.74) is 2.53. The van der Waals surface area contributed by atoms with E-state index < -0.39 is 6.10 Å². The highest BCUT2D eigenvalue weighted by Crippen LogP contribution is 2.27. The first-order valence-electron chi connectivity index (χ1n) is 12.0. The number of aliphatic hydroxyl groups is 1. The zero-order chi connectivity index (χ0) is 26.8. The van der Waals surface area contributed by atoms with E-state index in [1.54, 1.807) is 74.1 Å². The van der Waals surface area contributed by atoms with Crippen LogP contribution in [-0.4, -0.2) is 25.1 Å². The van der Waals surface area contributed by atoms with Crippen LogP contribution in [0.4, 0.5) is 0 Å². The Bertz CT molecular complexity index is 1490. The summed E-state index contributed by atoms with van der Waals surface area (Å²) in [6.45, 7) is 4.30. The lowest BCUT2D eigenvalue weighted by molar-refractivity contribution is 0.0747. The van der Waals surface area contributed by atoms with Crippen LogP contribution in [0.2, 0.25) is 0 Å². The molecule has 1 atom stereocenters. The van der Waals surface area contributed by atoms with E-state index in [1.807, 2.05) is 42.5 Å². The third-order valence-corrected chi connectivity index (χ3v) is 6.84. The standard InChI is InChI=1S/C16H14OS.C14H12O2.C2H6O/c1-10(2)11-7-8-15-13(9-11)16(17)12-5-3-4-6-14(12)18-15;15-13(11-7-3-1-4-8-11)14(16)12-9-5-2-6-10-12;1-3-2/h3-10H,1-2H3;1-10,13,15H;1-2H3. The van der Waals surface area contributed by atoms with Crippen LogP contribution in [0.3, 0.4) is 0 Å². The van der Waals surface area contributed by atoms with Crippen LogP contribution in [0, 0.1) is 0 Å². The van der Waals surface area contributed by atoms with Gasteiger partial charge in [0.2, 0.25) is 0 Å². The number of hydrogen-bond donors (Lipinski definition) is 1. The van der Waals surface area contributed by atoms with E-state index in [0.717, 1.165) is 20.2 Å². The Kier molecular flexibility index (Phi) is 10.3. The maximum Gasteiger partial charge on any atom is 0.195 e. The van der Waals surface area contributed by atoms with E-state index in [2.05, 4.69) is 30.7 Å². The number of methoxy groups -OCH3 is 1. The van der Waals surface area contributed by atoms with Gasteiger partial charge in [0.25, 0.3) is 0 Å². The van der Waals surface area contributed by atoms with E-state index in [4.69, 9.17) is 0 Å². The van der Waals surface area contributed by atoms with Crippen LogP contribution in [0.15, 0.2) is 108 Å². The van der Waals surface area contributed by atoms with Crippen LogP contribution in [-0.2, 0) is 4.74 Å². The van der Waals surface area contributed by atoms with Crippen molar-refractivity contribution in [2.75, 3.05) is 14.2 Å². The summed E-state index contributed by atoms with van der Waals surface area (Å²) in [4.78, 5) is 24.4. The molecule has 0 spiro atoms. The molecule has 1 heterocycles. The molecule has 4 aromatic carbocycles. The largest absolute Gasteiger partial charge is 0.388 e. The lowest BCUT2D eigenvalue weighted by Gasteiger charge is -2.09. The number of carbonyl (C=O) groups excluding carboxylic acids is 1. The molecule has 4 nitrogen and oxygen atoms in total. The summed E-state index contributed by atoms with van der Waals surface area (Å²) in [6, 6.07) is 31.8. The molecule has 1 unspecified atom stereocenters. The molecule has 5 rings (SSSR count). The zero-order valence-electron chi connectivity index (χ0n) is 21.5. The third kappa shape index (κ3) is 7.20. The SMILES string of the molecule is CC(C)c1ccc2sc3ccccc3c(=O)c2c1.COC.O=C(c1ccccc1)C(O)c1ccccc1. The van der Waals surface area contributed by atoms with Gasteiger partial charge in [0.05, 0.1) is 0 Å². The number of benzene rings is 4. The summed E-state index contributed by atoms with van der Waals surface area (Å²) in [5.74, 6) is 0.178. The number of hydrogen-bond acceptors (Lipinski definition) is 5. The zero-order valence-corrected chi connectivity index (χ0v) is 22.4. The highest BCUT2D eigenvalue weighted by Gasteiger charge is 2.18. The van der Waals surface area contributed by atoms with Gasteiger partial charge in [-0.3, -0.25) is 9.59 Å². The summed E-state index contributed by atoms with van der Waals surface area (Å²) in [5, 5.41) is 11.6. The van der Waals surface area contributed by atoms with Crippen LogP contribution >= 0.6 is 11.3 Å². The monoisotopic (exact) mass is 512 g/mol. The topological polar surface area (TPSA) is 63.6 Å². The minimum absolute atomic E-state index is 0.154. The van der Waals surface area contributed by atoms with Gasteiger partial charge < -0.3 is 9.84 Å². The summed E-state index contributed by atoms with van der Waals surface area (Å²) in [6.07, 6.45) is -1.08. The van der Waals surface area contributed by atoms with Crippen LogP contribution in [0.1, 0.15) is 47.4 Å². The molecule has 5 heteroatoms. The van der Waals surface area contributed by atoms with Crippen molar-refractivity contribution in [3.05, 3.63) is 130 Å². The molecule has 1 aromatic heterocycles. The molecule has 5 aromatic rings. The first kappa shape index (κ1) is 27.9. The fraction of sp³-hybridized carbons (Fsp3) is 0.188. The molecule has 0 aliphatic heterocycles. The molecule has 0 saturated carbocycles. The van der Waals surface area contributed by atoms with Crippen molar-refractivity contribution in [2.24, 2.45) is 0 Å². The van der Waals surface area contributed by atoms with Gasteiger partial charge in [-0.05, 0) is 41.3 Å². The van der Waals surface area contributed by atoms with Crippen LogP contribution < -0.4 is 5.43 Å². The number of rotatable bonds is 4. The van der Waals surface area contributed by atoms with E-state index in [0.29, 0.717) is 17.0 Å². The van der Waals surface area contributed by atoms with Crippen molar-refractivity contribution < 1.29 is 14.6 Å². The maximum atomic E-state index is 12.5. The third-order valence-electron chi connectivity index (χ3n) is 5.69. The van der Waals surface area contributed by atoms with Crippen molar-refractivity contribution >= 4 is 37.3 Å². The number of ether oxygens (including phenoxy) is 1. The van der Waals surface area contributed by atoms with E-state index >= 15 is 0 Å². The first-order valence-corrected chi connectivity index (χ1v) is 12.9. The Balaban J connectivity index is 0.000000187. The fourth-order valence-electron chi connectivity index (χ4n) is 3.73.